The van der Waals surface area contributed by atoms with E-state index < -0.39 is 17.1 Å². The predicted molar refractivity (Wildman–Crippen MR) is 146 cm³/mol. The van der Waals surface area contributed by atoms with Crippen molar-refractivity contribution in [3.63, 3.8) is 0 Å². The first kappa shape index (κ1) is 27.7. The van der Waals surface area contributed by atoms with Gasteiger partial charge in [-0.05, 0) is 95.3 Å². The number of likely N-dealkylation sites (tertiary alicyclic amines) is 1. The molecule has 2 aromatic carbocycles. The monoisotopic (exact) mass is 602 g/mol. The van der Waals surface area contributed by atoms with Crippen molar-refractivity contribution in [2.45, 2.75) is 32.8 Å². The molecule has 2 aromatic rings. The maximum absolute atomic E-state index is 13.0. The predicted octanol–water partition coefficient (Wildman–Crippen LogP) is 5.17. The molecule has 2 aliphatic rings. The van der Waals surface area contributed by atoms with E-state index in [1.165, 1.54) is 12.1 Å². The Kier molecular flexibility index (Phi) is 9.11. The van der Waals surface area contributed by atoms with E-state index in [1.54, 1.807) is 35.2 Å². The topological polar surface area (TPSA) is 113 Å². The zero-order chi connectivity index (χ0) is 27.2. The zero-order valence-electron chi connectivity index (χ0n) is 20.8. The van der Waals surface area contributed by atoms with Crippen molar-refractivity contribution >= 4 is 56.8 Å². The summed E-state index contributed by atoms with van der Waals surface area (Å²) in [4.78, 5) is 52.1. The molecule has 9 nitrogen and oxygen atoms in total. The van der Waals surface area contributed by atoms with Crippen LogP contribution in [0.25, 0.3) is 6.08 Å². The van der Waals surface area contributed by atoms with E-state index in [1.807, 2.05) is 6.92 Å². The van der Waals surface area contributed by atoms with Crippen LogP contribution in [0, 0.1) is 0 Å². The molecule has 0 radical (unpaired) electrons. The molecule has 2 saturated heterocycles. The summed E-state index contributed by atoms with van der Waals surface area (Å²) in [5, 5.41) is 8.59. The lowest BCUT2D eigenvalue weighted by molar-refractivity contribution is -0.136. The molecule has 0 unspecified atom stereocenters. The number of carboxylic acid groups (broad SMARTS) is 1. The van der Waals surface area contributed by atoms with Gasteiger partial charge in [0.15, 0.2) is 11.5 Å². The number of imide groups is 1. The summed E-state index contributed by atoms with van der Waals surface area (Å²) >= 11 is 4.31. The molecule has 2 aliphatic heterocycles. The second kappa shape index (κ2) is 12.5. The van der Waals surface area contributed by atoms with Gasteiger partial charge in [-0.15, -0.1) is 0 Å². The maximum Gasteiger partial charge on any atom is 0.335 e. The molecule has 0 aromatic heterocycles. The number of ether oxygens (including phenoxy) is 2. The average Bonchev–Trinajstić information content (AvgIpc) is 3.16. The number of thioether (sulfide) groups is 1. The molecule has 200 valence electrons. The number of rotatable bonds is 9. The largest absolute Gasteiger partial charge is 0.490 e. The molecule has 0 bridgehead atoms. The number of aromatic carboxylic acids is 1. The van der Waals surface area contributed by atoms with E-state index in [9.17, 15) is 19.2 Å². The minimum Gasteiger partial charge on any atom is -0.490 e. The van der Waals surface area contributed by atoms with Crippen LogP contribution in [0.3, 0.4) is 0 Å². The summed E-state index contributed by atoms with van der Waals surface area (Å²) < 4.78 is 12.3. The highest BCUT2D eigenvalue weighted by Crippen LogP contribution is 2.39. The Morgan fingerprint density at radius 2 is 1.79 bits per heavy atom. The van der Waals surface area contributed by atoms with Crippen molar-refractivity contribution in [1.82, 2.24) is 9.80 Å². The third kappa shape index (κ3) is 6.57. The van der Waals surface area contributed by atoms with Crippen molar-refractivity contribution in [1.29, 1.82) is 0 Å². The Balaban J connectivity index is 1.49. The average molecular weight is 603 g/mol. The van der Waals surface area contributed by atoms with E-state index >= 15 is 0 Å². The van der Waals surface area contributed by atoms with Gasteiger partial charge in [0.2, 0.25) is 5.91 Å². The summed E-state index contributed by atoms with van der Waals surface area (Å²) in [7, 11) is 0. The lowest BCUT2D eigenvalue weighted by Gasteiger charge is -2.27. The standard InChI is InChI=1S/C27H27BrN2O7S/c1-2-36-21-13-18(12-20(28)24(21)37-16-17-6-8-19(9-7-17)26(33)34)14-22-25(32)30(27(35)38-22)15-23(31)29-10-4-3-5-11-29/h6-9,12-14H,2-5,10-11,15-16H2,1H3,(H,33,34)/b22-14-. The van der Waals surface area contributed by atoms with Crippen molar-refractivity contribution < 1.29 is 33.8 Å². The highest BCUT2D eigenvalue weighted by Gasteiger charge is 2.37. The lowest BCUT2D eigenvalue weighted by atomic mass is 10.1. The molecule has 2 fully saturated rings. The molecular formula is C27H27BrN2O7S. The second-order valence-electron chi connectivity index (χ2n) is 8.76. The Bertz CT molecular complexity index is 1270. The number of nitrogens with zero attached hydrogens (tertiary/aromatic N) is 2. The minimum absolute atomic E-state index is 0.182. The number of piperidine rings is 1. The molecule has 4 rings (SSSR count). The SMILES string of the molecule is CCOc1cc(/C=C2\SC(=O)N(CC(=O)N3CCCCC3)C2=O)cc(Br)c1OCc1ccc(C(=O)O)cc1. The summed E-state index contributed by atoms with van der Waals surface area (Å²) in [5.74, 6) is -0.819. The molecule has 0 spiro atoms. The van der Waals surface area contributed by atoms with Crippen molar-refractivity contribution in [3.8, 4) is 11.5 Å². The van der Waals surface area contributed by atoms with Gasteiger partial charge in [0.25, 0.3) is 11.1 Å². The van der Waals surface area contributed by atoms with Gasteiger partial charge in [0, 0.05) is 13.1 Å². The van der Waals surface area contributed by atoms with Gasteiger partial charge in [0.1, 0.15) is 13.2 Å². The van der Waals surface area contributed by atoms with Crippen LogP contribution in [0.2, 0.25) is 0 Å². The number of carboxylic acids is 1. The number of carbonyl (C=O) groups excluding carboxylic acids is 3. The van der Waals surface area contributed by atoms with E-state index in [0.717, 1.165) is 41.5 Å². The van der Waals surface area contributed by atoms with E-state index in [2.05, 4.69) is 15.9 Å². The molecule has 0 aliphatic carbocycles. The number of amides is 3. The maximum atomic E-state index is 13.0. The van der Waals surface area contributed by atoms with Crippen LogP contribution in [0.4, 0.5) is 4.79 Å². The Morgan fingerprint density at radius 3 is 2.45 bits per heavy atom. The second-order valence-corrected chi connectivity index (χ2v) is 10.6. The van der Waals surface area contributed by atoms with Crippen LogP contribution in [0.5, 0.6) is 11.5 Å². The Hall–Kier alpha value is -3.31. The van der Waals surface area contributed by atoms with Crippen molar-refractivity contribution in [2.75, 3.05) is 26.2 Å². The Labute approximate surface area is 232 Å². The molecular weight excluding hydrogens is 576 g/mol. The summed E-state index contributed by atoms with van der Waals surface area (Å²) in [6.07, 6.45) is 4.54. The molecule has 0 atom stereocenters. The first-order valence-electron chi connectivity index (χ1n) is 12.2. The summed E-state index contributed by atoms with van der Waals surface area (Å²) in [6, 6.07) is 9.84. The van der Waals surface area contributed by atoms with Crippen LogP contribution >= 0.6 is 27.7 Å². The molecule has 1 N–H and O–H groups in total. The number of benzene rings is 2. The zero-order valence-corrected chi connectivity index (χ0v) is 23.2. The van der Waals surface area contributed by atoms with E-state index in [-0.39, 0.29) is 29.5 Å². The fourth-order valence-corrected chi connectivity index (χ4v) is 5.55. The highest BCUT2D eigenvalue weighted by molar-refractivity contribution is 9.10. The van der Waals surface area contributed by atoms with Gasteiger partial charge in [-0.2, -0.15) is 0 Å². The molecule has 2 heterocycles. The van der Waals surface area contributed by atoms with Crippen LogP contribution in [-0.4, -0.2) is 64.2 Å². The normalized spacial score (nSPS) is 16.7. The van der Waals surface area contributed by atoms with Gasteiger partial charge in [-0.25, -0.2) is 4.79 Å². The highest BCUT2D eigenvalue weighted by atomic mass is 79.9. The van der Waals surface area contributed by atoms with Gasteiger partial charge >= 0.3 is 5.97 Å². The van der Waals surface area contributed by atoms with Crippen LogP contribution in [-0.2, 0) is 16.2 Å². The quantitative estimate of drug-likeness (QED) is 0.391. The van der Waals surface area contributed by atoms with Crippen LogP contribution in [0.15, 0.2) is 45.8 Å². The number of halogens is 1. The first-order chi connectivity index (χ1) is 18.3. The molecule has 11 heteroatoms. The smallest absolute Gasteiger partial charge is 0.335 e. The van der Waals surface area contributed by atoms with E-state index in [0.29, 0.717) is 41.2 Å². The van der Waals surface area contributed by atoms with Gasteiger partial charge in [-0.1, -0.05) is 12.1 Å². The van der Waals surface area contributed by atoms with Crippen LogP contribution in [0.1, 0.15) is 47.7 Å². The molecule has 0 saturated carbocycles. The molecule has 3 amide bonds. The Morgan fingerprint density at radius 1 is 1.08 bits per heavy atom. The number of hydrogen-bond acceptors (Lipinski definition) is 7. The molecule has 38 heavy (non-hydrogen) atoms. The number of hydrogen-bond donors (Lipinski definition) is 1. The number of carbonyl (C=O) groups is 4. The fraction of sp³-hybridized carbons (Fsp3) is 0.333. The third-order valence-corrected chi connectivity index (χ3v) is 7.59. The van der Waals surface area contributed by atoms with Gasteiger partial charge in [-0.3, -0.25) is 19.3 Å². The fourth-order valence-electron chi connectivity index (χ4n) is 4.14. The minimum atomic E-state index is -0.999. The van der Waals surface area contributed by atoms with Gasteiger partial charge < -0.3 is 19.5 Å². The summed E-state index contributed by atoms with van der Waals surface area (Å²) in [5.41, 5.74) is 1.59. The van der Waals surface area contributed by atoms with E-state index in [4.69, 9.17) is 14.6 Å². The first-order valence-corrected chi connectivity index (χ1v) is 13.8. The summed E-state index contributed by atoms with van der Waals surface area (Å²) in [6.45, 7) is 3.44. The third-order valence-electron chi connectivity index (χ3n) is 6.09. The van der Waals surface area contributed by atoms with Gasteiger partial charge in [0.05, 0.1) is 21.5 Å². The van der Waals surface area contributed by atoms with Crippen molar-refractivity contribution in [2.24, 2.45) is 0 Å². The van der Waals surface area contributed by atoms with Crippen molar-refractivity contribution in [3.05, 3.63) is 62.5 Å². The van der Waals surface area contributed by atoms with Crippen LogP contribution < -0.4 is 9.47 Å². The lowest BCUT2D eigenvalue weighted by Crippen LogP contribution is -2.44.